The largest absolute Gasteiger partial charge is 0.500 e. The van der Waals surface area contributed by atoms with Gasteiger partial charge in [0.15, 0.2) is 0 Å². The van der Waals surface area contributed by atoms with E-state index in [1.807, 2.05) is 13.0 Å². The van der Waals surface area contributed by atoms with Crippen LogP contribution in [-0.2, 0) is 14.3 Å². The summed E-state index contributed by atoms with van der Waals surface area (Å²) in [5.41, 5.74) is 0.274. The van der Waals surface area contributed by atoms with Gasteiger partial charge in [0.1, 0.15) is 11.7 Å². The molecule has 0 bridgehead atoms. The van der Waals surface area contributed by atoms with Gasteiger partial charge in [0.25, 0.3) is 0 Å². The molecule has 1 unspecified atom stereocenters. The molecule has 3 atom stereocenters. The number of hydrogen-bond acceptors (Lipinski definition) is 4. The number of hydrogen-bond donors (Lipinski definition) is 1. The normalized spacial score (nSPS) is 34.5. The van der Waals surface area contributed by atoms with Gasteiger partial charge in [-0.1, -0.05) is 18.6 Å². The average molecular weight is 266 g/mol. The zero-order valence-corrected chi connectivity index (χ0v) is 11.8. The van der Waals surface area contributed by atoms with E-state index < -0.39 is 11.5 Å². The third-order valence-corrected chi connectivity index (χ3v) is 4.19. The molecule has 1 saturated carbocycles. The Balaban J connectivity index is 2.43. The van der Waals surface area contributed by atoms with Gasteiger partial charge in [-0.3, -0.25) is 4.79 Å². The van der Waals surface area contributed by atoms with Gasteiger partial charge in [0.2, 0.25) is 0 Å². The Kier molecular flexibility index (Phi) is 3.99. The van der Waals surface area contributed by atoms with Gasteiger partial charge in [-0.25, -0.2) is 0 Å². The third-order valence-electron chi connectivity index (χ3n) is 4.19. The number of rotatable bonds is 2. The minimum absolute atomic E-state index is 0.0640. The highest BCUT2D eigenvalue weighted by Crippen LogP contribution is 2.43. The van der Waals surface area contributed by atoms with E-state index in [0.29, 0.717) is 5.76 Å². The second kappa shape index (κ2) is 5.37. The summed E-state index contributed by atoms with van der Waals surface area (Å²) < 4.78 is 10.3. The summed E-state index contributed by atoms with van der Waals surface area (Å²) in [5, 5.41) is 10.6. The lowest BCUT2D eigenvalue weighted by atomic mass is 9.76. The van der Waals surface area contributed by atoms with Crippen molar-refractivity contribution in [2.24, 2.45) is 11.8 Å². The van der Waals surface area contributed by atoms with Gasteiger partial charge >= 0.3 is 5.97 Å². The molecule has 0 aromatic carbocycles. The number of aliphatic hydroxyl groups is 1. The number of ether oxygens (including phenoxy) is 2. The predicted octanol–water partition coefficient (Wildman–Crippen LogP) is 2.19. The van der Waals surface area contributed by atoms with Crippen molar-refractivity contribution in [2.75, 3.05) is 14.2 Å². The van der Waals surface area contributed by atoms with Gasteiger partial charge in [-0.15, -0.1) is 0 Å². The molecule has 0 amide bonds. The molecule has 1 N–H and O–H groups in total. The van der Waals surface area contributed by atoms with Crippen molar-refractivity contribution in [3.05, 3.63) is 23.5 Å². The van der Waals surface area contributed by atoms with E-state index in [0.717, 1.165) is 31.3 Å². The summed E-state index contributed by atoms with van der Waals surface area (Å²) in [6, 6.07) is 0. The van der Waals surface area contributed by atoms with Crippen LogP contribution in [0.25, 0.3) is 0 Å². The van der Waals surface area contributed by atoms with Gasteiger partial charge in [-0.2, -0.15) is 0 Å². The fourth-order valence-electron chi connectivity index (χ4n) is 3.16. The molecule has 2 aliphatic carbocycles. The number of methoxy groups -OCH3 is 2. The van der Waals surface area contributed by atoms with Crippen LogP contribution in [0.2, 0.25) is 0 Å². The molecule has 0 aliphatic heterocycles. The summed E-state index contributed by atoms with van der Waals surface area (Å²) in [5.74, 6) is -0.203. The maximum atomic E-state index is 11.8. The number of carbonyl (C=O) groups is 1. The van der Waals surface area contributed by atoms with Crippen LogP contribution in [0.5, 0.6) is 0 Å². The lowest BCUT2D eigenvalue weighted by Crippen LogP contribution is -2.36. The molecule has 4 heteroatoms. The monoisotopic (exact) mass is 266 g/mol. The lowest BCUT2D eigenvalue weighted by molar-refractivity contribution is -0.143. The van der Waals surface area contributed by atoms with Crippen molar-refractivity contribution in [3.8, 4) is 0 Å². The molecule has 1 fully saturated rings. The van der Waals surface area contributed by atoms with Crippen molar-refractivity contribution < 1.29 is 19.4 Å². The van der Waals surface area contributed by atoms with Crippen LogP contribution in [0.1, 0.15) is 32.6 Å². The smallest absolute Gasteiger partial charge is 0.320 e. The zero-order chi connectivity index (χ0) is 14.0. The van der Waals surface area contributed by atoms with E-state index in [4.69, 9.17) is 9.47 Å². The highest BCUT2D eigenvalue weighted by molar-refractivity contribution is 5.78. The molecule has 0 heterocycles. The second-order valence-corrected chi connectivity index (χ2v) is 5.52. The fourth-order valence-corrected chi connectivity index (χ4v) is 3.16. The van der Waals surface area contributed by atoms with E-state index in [9.17, 15) is 9.90 Å². The van der Waals surface area contributed by atoms with E-state index >= 15 is 0 Å². The van der Waals surface area contributed by atoms with Crippen LogP contribution < -0.4 is 0 Å². The molecule has 2 aliphatic rings. The summed E-state index contributed by atoms with van der Waals surface area (Å²) in [6.45, 7) is 1.86. The molecule has 4 nitrogen and oxygen atoms in total. The fraction of sp³-hybridized carbons (Fsp3) is 0.667. The van der Waals surface area contributed by atoms with E-state index in [2.05, 4.69) is 0 Å². The summed E-state index contributed by atoms with van der Waals surface area (Å²) in [7, 11) is 2.96. The Bertz CT molecular complexity index is 420. The highest BCUT2D eigenvalue weighted by Gasteiger charge is 2.41. The Morgan fingerprint density at radius 3 is 2.74 bits per heavy atom. The zero-order valence-electron chi connectivity index (χ0n) is 11.8. The first-order valence-corrected chi connectivity index (χ1v) is 6.76. The molecular weight excluding hydrogens is 244 g/mol. The molecular formula is C15H22O4. The van der Waals surface area contributed by atoms with Crippen LogP contribution in [0.15, 0.2) is 23.5 Å². The Labute approximate surface area is 114 Å². The maximum absolute atomic E-state index is 11.8. The van der Waals surface area contributed by atoms with Crippen LogP contribution in [0.4, 0.5) is 0 Å². The van der Waals surface area contributed by atoms with Crippen molar-refractivity contribution in [1.82, 2.24) is 0 Å². The first-order valence-electron chi connectivity index (χ1n) is 6.76. The first kappa shape index (κ1) is 14.1. The first-order chi connectivity index (χ1) is 9.01. The summed E-state index contributed by atoms with van der Waals surface area (Å²) in [6.07, 6.45) is 7.36. The van der Waals surface area contributed by atoms with Crippen LogP contribution >= 0.6 is 0 Å². The summed E-state index contributed by atoms with van der Waals surface area (Å²) >= 11 is 0. The van der Waals surface area contributed by atoms with Gasteiger partial charge < -0.3 is 14.6 Å². The number of carbonyl (C=O) groups excluding carboxylic acids is 1. The number of fused-ring (bicyclic) bond motifs is 1. The molecule has 0 spiro atoms. The summed E-state index contributed by atoms with van der Waals surface area (Å²) in [4.78, 5) is 11.8. The van der Waals surface area contributed by atoms with E-state index in [1.54, 1.807) is 13.2 Å². The minimum atomic E-state index is -0.771. The Morgan fingerprint density at radius 2 is 2.11 bits per heavy atom. The third kappa shape index (κ3) is 2.54. The van der Waals surface area contributed by atoms with Gasteiger partial charge in [0.05, 0.1) is 19.8 Å². The van der Waals surface area contributed by atoms with E-state index in [1.165, 1.54) is 7.11 Å². The van der Waals surface area contributed by atoms with E-state index in [-0.39, 0.29) is 11.9 Å². The minimum Gasteiger partial charge on any atom is -0.500 e. The van der Waals surface area contributed by atoms with Crippen LogP contribution in [0, 0.1) is 11.8 Å². The molecule has 0 aromatic heterocycles. The lowest BCUT2D eigenvalue weighted by Gasteiger charge is -2.35. The molecule has 0 radical (unpaired) electrons. The van der Waals surface area contributed by atoms with Gasteiger partial charge in [0, 0.05) is 5.92 Å². The van der Waals surface area contributed by atoms with Crippen molar-refractivity contribution >= 4 is 5.97 Å². The molecule has 2 rings (SSSR count). The predicted molar refractivity (Wildman–Crippen MR) is 71.3 cm³/mol. The molecule has 106 valence electrons. The van der Waals surface area contributed by atoms with Crippen molar-refractivity contribution in [2.45, 2.75) is 38.2 Å². The topological polar surface area (TPSA) is 55.8 Å². The van der Waals surface area contributed by atoms with Crippen molar-refractivity contribution in [3.63, 3.8) is 0 Å². The molecule has 0 aromatic rings. The van der Waals surface area contributed by atoms with Crippen LogP contribution in [0.3, 0.4) is 0 Å². The standard InChI is InChI=1S/C15H22O4/c1-15(17)9-5-4-6-10-12(15)8-7-11(13(10)18-2)14(16)19-3/h7-8,11-12,17H,4-6,9H2,1-3H3/t11?,12-,15-/m0/s1. The molecule has 19 heavy (non-hydrogen) atoms. The number of esters is 1. The SMILES string of the molecule is COC(=O)C1C=C[C@H]2C(=C1OC)CCCC[C@]2(C)O. The van der Waals surface area contributed by atoms with Gasteiger partial charge in [-0.05, 0) is 31.8 Å². The Morgan fingerprint density at radius 1 is 1.37 bits per heavy atom. The second-order valence-electron chi connectivity index (χ2n) is 5.52. The quantitative estimate of drug-likeness (QED) is 0.615. The molecule has 0 saturated heterocycles. The average Bonchev–Trinajstić information content (AvgIpc) is 2.55. The Hall–Kier alpha value is -1.29. The highest BCUT2D eigenvalue weighted by atomic mass is 16.5. The van der Waals surface area contributed by atoms with Crippen molar-refractivity contribution in [1.29, 1.82) is 0 Å². The maximum Gasteiger partial charge on any atom is 0.320 e. The van der Waals surface area contributed by atoms with Crippen LogP contribution in [-0.4, -0.2) is 30.9 Å².